The molecule has 70 valence electrons. The average molecular weight is 167 g/mol. The van der Waals surface area contributed by atoms with Crippen LogP contribution in [0.25, 0.3) is 0 Å². The molecule has 0 aromatic rings. The van der Waals surface area contributed by atoms with E-state index in [9.17, 15) is 0 Å². The number of allylic oxidation sites excluding steroid dienone is 1. The lowest BCUT2D eigenvalue weighted by atomic mass is 10.0. The highest BCUT2D eigenvalue weighted by molar-refractivity contribution is 4.98. The van der Waals surface area contributed by atoms with Crippen molar-refractivity contribution in [2.24, 2.45) is 0 Å². The molecule has 0 radical (unpaired) electrons. The highest BCUT2D eigenvalue weighted by Gasteiger charge is 2.09. The first-order chi connectivity index (χ1) is 5.83. The van der Waals surface area contributed by atoms with Gasteiger partial charge in [0, 0.05) is 12.1 Å². The minimum Gasteiger partial charge on any atom is -0.308 e. The van der Waals surface area contributed by atoms with Crippen molar-refractivity contribution in [1.29, 1.82) is 0 Å². The minimum absolute atomic E-state index is 0.653. The maximum atomic E-state index is 3.63. The van der Waals surface area contributed by atoms with Gasteiger partial charge in [0.25, 0.3) is 0 Å². The molecule has 1 heteroatoms. The zero-order valence-electron chi connectivity index (χ0n) is 8.34. The molecular weight excluding hydrogens is 146 g/mol. The molecule has 1 nitrogen and oxygen atoms in total. The molecule has 0 fully saturated rings. The van der Waals surface area contributed by atoms with Crippen LogP contribution in [0.2, 0.25) is 0 Å². The summed E-state index contributed by atoms with van der Waals surface area (Å²) in [5.41, 5.74) is 0. The van der Waals surface area contributed by atoms with Crippen LogP contribution in [0.3, 0.4) is 0 Å². The minimum atomic E-state index is 0.653. The van der Waals surface area contributed by atoms with Crippen molar-refractivity contribution < 1.29 is 0 Å². The monoisotopic (exact) mass is 167 g/mol. The SMILES string of the molecule is CCCC(C)NC1C=CCCC1. The summed E-state index contributed by atoms with van der Waals surface area (Å²) in [6, 6.07) is 1.34. The fourth-order valence-electron chi connectivity index (χ4n) is 1.83. The molecule has 0 aromatic carbocycles. The molecule has 0 saturated carbocycles. The Morgan fingerprint density at radius 3 is 3.00 bits per heavy atom. The molecule has 0 bridgehead atoms. The van der Waals surface area contributed by atoms with Crippen LogP contribution in [0.15, 0.2) is 12.2 Å². The molecule has 0 heterocycles. The zero-order valence-corrected chi connectivity index (χ0v) is 8.34. The third-order valence-corrected chi connectivity index (χ3v) is 2.47. The van der Waals surface area contributed by atoms with Crippen molar-refractivity contribution >= 4 is 0 Å². The second-order valence-corrected chi connectivity index (χ2v) is 3.82. The van der Waals surface area contributed by atoms with E-state index in [1.165, 1.54) is 32.1 Å². The molecule has 2 atom stereocenters. The Labute approximate surface area is 76.2 Å². The second kappa shape index (κ2) is 5.36. The summed E-state index contributed by atoms with van der Waals surface area (Å²) >= 11 is 0. The van der Waals surface area contributed by atoms with Gasteiger partial charge >= 0.3 is 0 Å². The van der Waals surface area contributed by atoms with Crippen LogP contribution in [0.4, 0.5) is 0 Å². The van der Waals surface area contributed by atoms with Gasteiger partial charge in [-0.15, -0.1) is 0 Å². The van der Waals surface area contributed by atoms with E-state index in [-0.39, 0.29) is 0 Å². The average Bonchev–Trinajstić information content (AvgIpc) is 2.06. The summed E-state index contributed by atoms with van der Waals surface area (Å²) in [6.45, 7) is 4.53. The number of hydrogen-bond donors (Lipinski definition) is 1. The van der Waals surface area contributed by atoms with Crippen LogP contribution < -0.4 is 5.32 Å². The molecule has 0 aliphatic heterocycles. The van der Waals surface area contributed by atoms with Crippen LogP contribution in [-0.4, -0.2) is 12.1 Å². The Kier molecular flexibility index (Phi) is 4.37. The van der Waals surface area contributed by atoms with E-state index < -0.39 is 0 Å². The summed E-state index contributed by atoms with van der Waals surface area (Å²) in [6.07, 6.45) is 11.2. The zero-order chi connectivity index (χ0) is 8.81. The first-order valence-electron chi connectivity index (χ1n) is 5.25. The van der Waals surface area contributed by atoms with E-state index >= 15 is 0 Å². The molecular formula is C11H21N. The van der Waals surface area contributed by atoms with Crippen molar-refractivity contribution in [3.05, 3.63) is 12.2 Å². The van der Waals surface area contributed by atoms with E-state index in [1.54, 1.807) is 0 Å². The first kappa shape index (κ1) is 9.79. The van der Waals surface area contributed by atoms with Crippen LogP contribution in [0, 0.1) is 0 Å². The van der Waals surface area contributed by atoms with Gasteiger partial charge < -0.3 is 5.32 Å². The molecule has 1 rings (SSSR count). The predicted octanol–water partition coefficient (Wildman–Crippen LogP) is 2.87. The maximum absolute atomic E-state index is 3.63. The lowest BCUT2D eigenvalue weighted by Crippen LogP contribution is -2.35. The highest BCUT2D eigenvalue weighted by atomic mass is 14.9. The van der Waals surface area contributed by atoms with E-state index in [0.717, 1.165) is 0 Å². The molecule has 0 saturated heterocycles. The predicted molar refractivity (Wildman–Crippen MR) is 54.3 cm³/mol. The standard InChI is InChI=1S/C11H21N/c1-3-7-10(2)12-11-8-5-4-6-9-11/h5,8,10-12H,3-4,6-7,9H2,1-2H3. The smallest absolute Gasteiger partial charge is 0.0252 e. The van der Waals surface area contributed by atoms with E-state index in [1.807, 2.05) is 0 Å². The van der Waals surface area contributed by atoms with Crippen LogP contribution >= 0.6 is 0 Å². The third-order valence-electron chi connectivity index (χ3n) is 2.47. The Morgan fingerprint density at radius 1 is 1.58 bits per heavy atom. The van der Waals surface area contributed by atoms with Crippen molar-refractivity contribution in [3.63, 3.8) is 0 Å². The molecule has 0 aromatic heterocycles. The molecule has 2 unspecified atom stereocenters. The van der Waals surface area contributed by atoms with Crippen molar-refractivity contribution in [3.8, 4) is 0 Å². The van der Waals surface area contributed by atoms with Crippen molar-refractivity contribution in [1.82, 2.24) is 5.32 Å². The quantitative estimate of drug-likeness (QED) is 0.635. The lowest BCUT2D eigenvalue weighted by Gasteiger charge is -2.22. The Morgan fingerprint density at radius 2 is 2.42 bits per heavy atom. The fraction of sp³-hybridized carbons (Fsp3) is 0.818. The van der Waals surface area contributed by atoms with Crippen LogP contribution in [0.1, 0.15) is 46.0 Å². The first-order valence-corrected chi connectivity index (χ1v) is 5.25. The summed E-state index contributed by atoms with van der Waals surface area (Å²) < 4.78 is 0. The van der Waals surface area contributed by atoms with E-state index in [2.05, 4.69) is 31.3 Å². The van der Waals surface area contributed by atoms with Crippen molar-refractivity contribution in [2.45, 2.75) is 58.0 Å². The van der Waals surface area contributed by atoms with Gasteiger partial charge in [0.05, 0.1) is 0 Å². The van der Waals surface area contributed by atoms with Crippen molar-refractivity contribution in [2.75, 3.05) is 0 Å². The Balaban J connectivity index is 2.20. The normalized spacial score (nSPS) is 25.7. The third kappa shape index (κ3) is 3.40. The topological polar surface area (TPSA) is 12.0 Å². The molecule has 1 aliphatic carbocycles. The van der Waals surface area contributed by atoms with Gasteiger partial charge in [0.15, 0.2) is 0 Å². The van der Waals surface area contributed by atoms with Gasteiger partial charge in [-0.1, -0.05) is 25.5 Å². The summed E-state index contributed by atoms with van der Waals surface area (Å²) in [4.78, 5) is 0. The molecule has 0 amide bonds. The number of rotatable bonds is 4. The van der Waals surface area contributed by atoms with Gasteiger partial charge in [0.1, 0.15) is 0 Å². The highest BCUT2D eigenvalue weighted by Crippen LogP contribution is 2.11. The lowest BCUT2D eigenvalue weighted by molar-refractivity contribution is 0.436. The van der Waals surface area contributed by atoms with Gasteiger partial charge in [-0.2, -0.15) is 0 Å². The molecule has 0 spiro atoms. The Hall–Kier alpha value is -0.300. The summed E-state index contributed by atoms with van der Waals surface area (Å²) in [7, 11) is 0. The van der Waals surface area contributed by atoms with Gasteiger partial charge in [-0.05, 0) is 32.6 Å². The van der Waals surface area contributed by atoms with Crippen LogP contribution in [0.5, 0.6) is 0 Å². The Bertz CT molecular complexity index is 140. The maximum Gasteiger partial charge on any atom is 0.0252 e. The molecule has 12 heavy (non-hydrogen) atoms. The number of nitrogens with one attached hydrogen (secondary N) is 1. The molecule has 1 N–H and O–H groups in total. The van der Waals surface area contributed by atoms with Crippen LogP contribution in [-0.2, 0) is 0 Å². The summed E-state index contributed by atoms with van der Waals surface area (Å²) in [5, 5.41) is 3.63. The second-order valence-electron chi connectivity index (χ2n) is 3.82. The summed E-state index contributed by atoms with van der Waals surface area (Å²) in [5.74, 6) is 0. The van der Waals surface area contributed by atoms with Gasteiger partial charge in [-0.25, -0.2) is 0 Å². The van der Waals surface area contributed by atoms with Gasteiger partial charge in [0.2, 0.25) is 0 Å². The number of hydrogen-bond acceptors (Lipinski definition) is 1. The largest absolute Gasteiger partial charge is 0.308 e. The van der Waals surface area contributed by atoms with E-state index in [4.69, 9.17) is 0 Å². The van der Waals surface area contributed by atoms with Gasteiger partial charge in [-0.3, -0.25) is 0 Å². The molecule has 1 aliphatic rings. The van der Waals surface area contributed by atoms with E-state index in [0.29, 0.717) is 12.1 Å². The fourth-order valence-corrected chi connectivity index (χ4v) is 1.83.